The second-order valence-electron chi connectivity index (χ2n) is 2.12. The van der Waals surface area contributed by atoms with Crippen molar-refractivity contribution in [3.05, 3.63) is 35.9 Å². The maximum atomic E-state index is 5.35. The molecule has 1 rings (SSSR count). The Kier molecular flexibility index (Phi) is 9.48. The Hall–Kier alpha value is 2.02. The van der Waals surface area contributed by atoms with Gasteiger partial charge in [-0.25, -0.2) is 0 Å². The molecule has 0 heterocycles. The van der Waals surface area contributed by atoms with E-state index in [2.05, 4.69) is 47.9 Å². The quantitative estimate of drug-likeness (QED) is 0.463. The van der Waals surface area contributed by atoms with E-state index >= 15 is 0 Å². The summed E-state index contributed by atoms with van der Waals surface area (Å²) >= 11 is 11.4. The second kappa shape index (κ2) is 8.21. The molecule has 0 saturated carbocycles. The fourth-order valence-electron chi connectivity index (χ4n) is 0.614. The number of hydrogen-bond acceptors (Lipinski definition) is 1. The van der Waals surface area contributed by atoms with Crippen LogP contribution in [0.4, 0.5) is 0 Å². The van der Waals surface area contributed by atoms with Gasteiger partial charge in [0.05, 0.1) is 0 Å². The molecule has 0 amide bonds. The van der Waals surface area contributed by atoms with Crippen molar-refractivity contribution in [2.24, 2.45) is 5.73 Å². The molecular formula is C7H9Br4NPb. The SMILES string of the molecule is NCc1ccccc1.[Br][Pb]([Br])([Br])[Br]. The minimum atomic E-state index is -2.03. The third-order valence-corrected chi connectivity index (χ3v) is 1.08. The van der Waals surface area contributed by atoms with Gasteiger partial charge in [-0.3, -0.25) is 0 Å². The van der Waals surface area contributed by atoms with E-state index in [0.29, 0.717) is 6.54 Å². The van der Waals surface area contributed by atoms with Gasteiger partial charge in [0, 0.05) is 6.54 Å². The third kappa shape index (κ3) is 14.0. The first kappa shape index (κ1) is 15.0. The van der Waals surface area contributed by atoms with Crippen molar-refractivity contribution >= 4 is 59.5 Å². The summed E-state index contributed by atoms with van der Waals surface area (Å²) in [5.74, 6) is 0. The molecule has 1 aromatic carbocycles. The van der Waals surface area contributed by atoms with E-state index in [9.17, 15) is 0 Å². The van der Waals surface area contributed by atoms with E-state index in [1.165, 1.54) is 5.56 Å². The predicted octanol–water partition coefficient (Wildman–Crippen LogP) is 4.15. The zero-order valence-electron chi connectivity index (χ0n) is 6.68. The average molecular weight is 634 g/mol. The van der Waals surface area contributed by atoms with Crippen LogP contribution in [0.1, 0.15) is 5.56 Å². The molecule has 1 nitrogen and oxygen atoms in total. The van der Waals surface area contributed by atoms with E-state index in [1.807, 2.05) is 30.3 Å². The monoisotopic (exact) mass is 631 g/mol. The predicted molar refractivity (Wildman–Crippen MR) is 75.8 cm³/mol. The van der Waals surface area contributed by atoms with Crippen LogP contribution in [0.15, 0.2) is 30.3 Å². The van der Waals surface area contributed by atoms with Crippen LogP contribution in [-0.4, -0.2) is 11.5 Å². The molecule has 6 heteroatoms. The molecule has 1 aromatic rings. The van der Waals surface area contributed by atoms with Gasteiger partial charge in [0.15, 0.2) is 0 Å². The topological polar surface area (TPSA) is 26.0 Å². The van der Waals surface area contributed by atoms with Crippen molar-refractivity contribution in [1.82, 2.24) is 0 Å². The summed E-state index contributed by atoms with van der Waals surface area (Å²) < 4.78 is 0. The van der Waals surface area contributed by atoms with E-state index in [1.54, 1.807) is 0 Å². The molecule has 13 heavy (non-hydrogen) atoms. The maximum absolute atomic E-state index is 5.35. The van der Waals surface area contributed by atoms with Gasteiger partial charge in [0.1, 0.15) is 0 Å². The molecule has 0 aliphatic heterocycles. The summed E-state index contributed by atoms with van der Waals surface area (Å²) in [6.45, 7) is 0.640. The number of benzene rings is 1. The Bertz CT molecular complexity index is 218. The Balaban J connectivity index is 0.000000252. The fraction of sp³-hybridized carbons (Fsp3) is 0.143. The Morgan fingerprint density at radius 3 is 1.62 bits per heavy atom. The summed E-state index contributed by atoms with van der Waals surface area (Å²) in [5.41, 5.74) is 6.54. The van der Waals surface area contributed by atoms with Crippen LogP contribution in [0.2, 0.25) is 0 Å². The molecule has 0 aliphatic rings. The number of halogens is 4. The third-order valence-electron chi connectivity index (χ3n) is 1.08. The molecule has 0 spiro atoms. The van der Waals surface area contributed by atoms with Crippen molar-refractivity contribution in [3.63, 3.8) is 0 Å². The molecular weight excluding hydrogens is 625 g/mol. The molecule has 0 fully saturated rings. The van der Waals surface area contributed by atoms with Crippen molar-refractivity contribution in [2.45, 2.75) is 6.54 Å². The van der Waals surface area contributed by atoms with Crippen LogP contribution in [-0.2, 0) is 6.54 Å². The van der Waals surface area contributed by atoms with Gasteiger partial charge in [0.2, 0.25) is 0 Å². The van der Waals surface area contributed by atoms with Gasteiger partial charge in [-0.15, -0.1) is 0 Å². The molecule has 0 atom stereocenters. The summed E-state index contributed by atoms with van der Waals surface area (Å²) in [6.07, 6.45) is 0. The van der Waals surface area contributed by atoms with Crippen molar-refractivity contribution < 1.29 is 0 Å². The van der Waals surface area contributed by atoms with Crippen molar-refractivity contribution in [1.29, 1.82) is 0 Å². The van der Waals surface area contributed by atoms with Crippen LogP contribution < -0.4 is 5.73 Å². The Labute approximate surface area is 106 Å². The summed E-state index contributed by atoms with van der Waals surface area (Å²) in [4.78, 5) is 0. The van der Waals surface area contributed by atoms with Gasteiger partial charge < -0.3 is 5.73 Å². The van der Waals surface area contributed by atoms with Gasteiger partial charge in [-0.2, -0.15) is 0 Å². The summed E-state index contributed by atoms with van der Waals surface area (Å²) in [5, 5.41) is 0. The Morgan fingerprint density at radius 1 is 1.00 bits per heavy atom. The normalized spacial score (nSPS) is 10.2. The molecule has 0 saturated heterocycles. The van der Waals surface area contributed by atoms with Gasteiger partial charge >= 0.3 is 59.5 Å². The molecule has 0 aromatic heterocycles. The van der Waals surface area contributed by atoms with Crippen molar-refractivity contribution in [3.8, 4) is 0 Å². The molecule has 0 aliphatic carbocycles. The van der Waals surface area contributed by atoms with Crippen LogP contribution in [0, 0.1) is 0 Å². The molecule has 0 unspecified atom stereocenters. The number of hydrogen-bond donors (Lipinski definition) is 1. The summed E-state index contributed by atoms with van der Waals surface area (Å²) in [7, 11) is 0. The summed E-state index contributed by atoms with van der Waals surface area (Å²) in [6, 6.07) is 9.99. The van der Waals surface area contributed by atoms with E-state index in [-0.39, 0.29) is 0 Å². The molecule has 2 N–H and O–H groups in total. The zero-order chi connectivity index (χ0) is 10.3. The minimum absolute atomic E-state index is 0.640. The number of rotatable bonds is 1. The number of nitrogens with two attached hydrogens (primary N) is 1. The van der Waals surface area contributed by atoms with Gasteiger partial charge in [-0.1, -0.05) is 30.3 Å². The fourth-order valence-corrected chi connectivity index (χ4v) is 0.614. The first-order chi connectivity index (χ1) is 5.93. The first-order valence-electron chi connectivity index (χ1n) is 3.43. The average Bonchev–Trinajstić information content (AvgIpc) is 2.03. The van der Waals surface area contributed by atoms with Crippen LogP contribution in [0.25, 0.3) is 0 Å². The van der Waals surface area contributed by atoms with E-state index in [0.717, 1.165) is 0 Å². The molecule has 0 radical (unpaired) electrons. The van der Waals surface area contributed by atoms with Crippen LogP contribution in [0.3, 0.4) is 0 Å². The van der Waals surface area contributed by atoms with E-state index in [4.69, 9.17) is 5.73 Å². The van der Waals surface area contributed by atoms with Crippen LogP contribution in [0.5, 0.6) is 0 Å². The first-order valence-corrected chi connectivity index (χ1v) is 37.1. The van der Waals surface area contributed by atoms with Gasteiger partial charge in [-0.05, 0) is 5.56 Å². The molecule has 74 valence electrons. The zero-order valence-corrected chi connectivity index (χ0v) is 16.9. The van der Waals surface area contributed by atoms with Gasteiger partial charge in [0.25, 0.3) is 0 Å². The second-order valence-corrected chi connectivity index (χ2v) is 103. The van der Waals surface area contributed by atoms with Crippen molar-refractivity contribution in [2.75, 3.05) is 0 Å². The Morgan fingerprint density at radius 2 is 1.38 bits per heavy atom. The van der Waals surface area contributed by atoms with Crippen LogP contribution >= 0.6 is 47.9 Å². The molecule has 0 bridgehead atoms. The standard InChI is InChI=1S/C7H9N.4BrH.Pb/c8-6-7-4-2-1-3-5-7;;;;;/h1-5H,6,8H2;4*1H;/q;;;;;+4/p-4. The van der Waals surface area contributed by atoms with E-state index < -0.39 is 11.5 Å².